The van der Waals surface area contributed by atoms with Crippen molar-refractivity contribution < 1.29 is 4.74 Å². The fourth-order valence-electron chi connectivity index (χ4n) is 3.12. The van der Waals surface area contributed by atoms with Gasteiger partial charge in [0.25, 0.3) is 0 Å². The second kappa shape index (κ2) is 7.97. The summed E-state index contributed by atoms with van der Waals surface area (Å²) < 4.78 is 5.60. The second-order valence-corrected chi connectivity index (χ2v) is 5.54. The fourth-order valence-corrected chi connectivity index (χ4v) is 3.12. The molecule has 1 aliphatic rings. The molecule has 20 heavy (non-hydrogen) atoms. The number of hydrogen-bond donors (Lipinski definition) is 1. The summed E-state index contributed by atoms with van der Waals surface area (Å²) >= 11 is 0. The Morgan fingerprint density at radius 3 is 2.90 bits per heavy atom. The predicted molar refractivity (Wildman–Crippen MR) is 83.6 cm³/mol. The van der Waals surface area contributed by atoms with E-state index in [2.05, 4.69) is 30.3 Å². The lowest BCUT2D eigenvalue weighted by atomic mass is 9.83. The van der Waals surface area contributed by atoms with E-state index in [1.54, 1.807) is 0 Å². The van der Waals surface area contributed by atoms with Gasteiger partial charge in [-0.1, -0.05) is 50.3 Å². The van der Waals surface area contributed by atoms with Crippen LogP contribution in [-0.2, 0) is 6.54 Å². The largest absolute Gasteiger partial charge is 0.481 e. The van der Waals surface area contributed by atoms with E-state index in [9.17, 15) is 0 Å². The van der Waals surface area contributed by atoms with Gasteiger partial charge in [0.05, 0.1) is 0 Å². The van der Waals surface area contributed by atoms with E-state index in [4.69, 9.17) is 11.2 Å². The van der Waals surface area contributed by atoms with Crippen molar-refractivity contribution in [3.05, 3.63) is 29.8 Å². The van der Waals surface area contributed by atoms with Crippen LogP contribution in [0.15, 0.2) is 24.3 Å². The van der Waals surface area contributed by atoms with Crippen molar-refractivity contribution in [1.82, 2.24) is 5.32 Å². The lowest BCUT2D eigenvalue weighted by Gasteiger charge is -2.31. The van der Waals surface area contributed by atoms with E-state index in [-0.39, 0.29) is 0 Å². The zero-order valence-corrected chi connectivity index (χ0v) is 12.4. The van der Waals surface area contributed by atoms with Gasteiger partial charge in [-0.15, -0.1) is 6.42 Å². The van der Waals surface area contributed by atoms with Crippen molar-refractivity contribution >= 4 is 0 Å². The minimum Gasteiger partial charge on any atom is -0.481 e. The third-order valence-electron chi connectivity index (χ3n) is 4.27. The molecule has 2 heteroatoms. The van der Waals surface area contributed by atoms with Gasteiger partial charge in [-0.3, -0.25) is 0 Å². The molecule has 2 unspecified atom stereocenters. The second-order valence-electron chi connectivity index (χ2n) is 5.54. The van der Waals surface area contributed by atoms with Crippen molar-refractivity contribution in [2.75, 3.05) is 6.61 Å². The topological polar surface area (TPSA) is 21.3 Å². The molecule has 1 aliphatic carbocycles. The van der Waals surface area contributed by atoms with Gasteiger partial charge in [0, 0.05) is 18.2 Å². The van der Waals surface area contributed by atoms with Crippen molar-refractivity contribution in [3.8, 4) is 18.1 Å². The van der Waals surface area contributed by atoms with Crippen LogP contribution in [0.5, 0.6) is 5.75 Å². The van der Waals surface area contributed by atoms with E-state index >= 15 is 0 Å². The van der Waals surface area contributed by atoms with Crippen LogP contribution < -0.4 is 10.1 Å². The number of para-hydroxylation sites is 1. The smallest absolute Gasteiger partial charge is 0.148 e. The molecule has 0 saturated heterocycles. The monoisotopic (exact) mass is 271 g/mol. The Morgan fingerprint density at radius 1 is 1.30 bits per heavy atom. The van der Waals surface area contributed by atoms with Crippen LogP contribution in [0.1, 0.15) is 44.6 Å². The maximum Gasteiger partial charge on any atom is 0.148 e. The van der Waals surface area contributed by atoms with Crippen LogP contribution >= 0.6 is 0 Å². The third kappa shape index (κ3) is 4.02. The third-order valence-corrected chi connectivity index (χ3v) is 4.27. The average Bonchev–Trinajstić information content (AvgIpc) is 2.52. The zero-order valence-electron chi connectivity index (χ0n) is 12.4. The highest BCUT2D eigenvalue weighted by Crippen LogP contribution is 2.27. The van der Waals surface area contributed by atoms with Gasteiger partial charge >= 0.3 is 0 Å². The van der Waals surface area contributed by atoms with Crippen LogP contribution in [0.25, 0.3) is 0 Å². The van der Waals surface area contributed by atoms with Crippen molar-refractivity contribution in [3.63, 3.8) is 0 Å². The highest BCUT2D eigenvalue weighted by molar-refractivity contribution is 5.33. The molecule has 0 spiro atoms. The minimum atomic E-state index is 0.331. The van der Waals surface area contributed by atoms with Gasteiger partial charge in [0.2, 0.25) is 0 Å². The van der Waals surface area contributed by atoms with Crippen LogP contribution in [0.3, 0.4) is 0 Å². The maximum atomic E-state index is 5.60. The first-order valence-electron chi connectivity index (χ1n) is 7.72. The van der Waals surface area contributed by atoms with E-state index < -0.39 is 0 Å². The average molecular weight is 271 g/mol. The van der Waals surface area contributed by atoms with Gasteiger partial charge in [-0.2, -0.15) is 0 Å². The van der Waals surface area contributed by atoms with E-state index in [0.717, 1.165) is 18.2 Å². The quantitative estimate of drug-likeness (QED) is 0.796. The first-order chi connectivity index (χ1) is 9.85. The van der Waals surface area contributed by atoms with E-state index in [0.29, 0.717) is 12.6 Å². The van der Waals surface area contributed by atoms with Crippen LogP contribution in [0, 0.1) is 18.3 Å². The lowest BCUT2D eigenvalue weighted by Crippen LogP contribution is -2.37. The molecule has 2 atom stereocenters. The Bertz CT molecular complexity index is 449. The Morgan fingerprint density at radius 2 is 2.10 bits per heavy atom. The van der Waals surface area contributed by atoms with Gasteiger partial charge < -0.3 is 10.1 Å². The lowest BCUT2D eigenvalue weighted by molar-refractivity contribution is 0.253. The molecule has 1 fully saturated rings. The summed E-state index contributed by atoms with van der Waals surface area (Å²) in [6.07, 6.45) is 11.9. The first-order valence-corrected chi connectivity index (χ1v) is 7.72. The SMILES string of the molecule is C#CCOc1ccccc1CNC1CCCCC1CC. The summed E-state index contributed by atoms with van der Waals surface area (Å²) in [5, 5.41) is 3.72. The fraction of sp³-hybridized carbons (Fsp3) is 0.556. The summed E-state index contributed by atoms with van der Waals surface area (Å²) in [7, 11) is 0. The van der Waals surface area contributed by atoms with Crippen molar-refractivity contribution in [2.24, 2.45) is 5.92 Å². The normalized spacial score (nSPS) is 22.2. The van der Waals surface area contributed by atoms with Gasteiger partial charge in [0.15, 0.2) is 0 Å². The van der Waals surface area contributed by atoms with Gasteiger partial charge in [-0.25, -0.2) is 0 Å². The van der Waals surface area contributed by atoms with Crippen molar-refractivity contribution in [2.45, 2.75) is 51.6 Å². The van der Waals surface area contributed by atoms with E-state index in [1.165, 1.54) is 37.7 Å². The Hall–Kier alpha value is -1.46. The number of terminal acetylenes is 1. The van der Waals surface area contributed by atoms with E-state index in [1.807, 2.05) is 12.1 Å². The number of benzene rings is 1. The molecule has 0 heterocycles. The summed E-state index contributed by atoms with van der Waals surface area (Å²) in [4.78, 5) is 0. The van der Waals surface area contributed by atoms with Crippen molar-refractivity contribution in [1.29, 1.82) is 0 Å². The molecular weight excluding hydrogens is 246 g/mol. The van der Waals surface area contributed by atoms with Crippen LogP contribution in [0.4, 0.5) is 0 Å². The molecule has 1 aromatic carbocycles. The molecule has 0 aliphatic heterocycles. The molecule has 0 amide bonds. The van der Waals surface area contributed by atoms with Crippen LogP contribution in [0.2, 0.25) is 0 Å². The summed E-state index contributed by atoms with van der Waals surface area (Å²) in [6.45, 7) is 3.49. The molecule has 0 bridgehead atoms. The van der Waals surface area contributed by atoms with Gasteiger partial charge in [-0.05, 0) is 24.8 Å². The molecule has 0 radical (unpaired) electrons. The standard InChI is InChI=1S/C18H25NO/c1-3-13-20-18-12-8-6-10-16(18)14-19-17-11-7-5-9-15(17)4-2/h1,6,8,10,12,15,17,19H,4-5,7,9,11,13-14H2,2H3. The first kappa shape index (κ1) is 14.9. The number of hydrogen-bond acceptors (Lipinski definition) is 2. The molecule has 1 saturated carbocycles. The Balaban J connectivity index is 1.94. The molecule has 2 nitrogen and oxygen atoms in total. The Labute approximate surface area is 122 Å². The predicted octanol–water partition coefficient (Wildman–Crippen LogP) is 3.76. The minimum absolute atomic E-state index is 0.331. The molecule has 108 valence electrons. The highest BCUT2D eigenvalue weighted by atomic mass is 16.5. The number of ether oxygens (including phenoxy) is 1. The molecule has 1 N–H and O–H groups in total. The summed E-state index contributed by atoms with van der Waals surface area (Å²) in [5.74, 6) is 4.25. The molecule has 0 aromatic heterocycles. The molecule has 1 aromatic rings. The summed E-state index contributed by atoms with van der Waals surface area (Å²) in [5.41, 5.74) is 1.20. The van der Waals surface area contributed by atoms with Gasteiger partial charge in [0.1, 0.15) is 12.4 Å². The zero-order chi connectivity index (χ0) is 14.2. The van der Waals surface area contributed by atoms with Crippen LogP contribution in [-0.4, -0.2) is 12.6 Å². The Kier molecular flexibility index (Phi) is 5.95. The summed E-state index contributed by atoms with van der Waals surface area (Å²) in [6, 6.07) is 8.80. The highest BCUT2D eigenvalue weighted by Gasteiger charge is 2.23. The molecular formula is C18H25NO. The number of rotatable bonds is 6. The maximum absolute atomic E-state index is 5.60. The number of nitrogens with one attached hydrogen (secondary N) is 1. The molecule has 2 rings (SSSR count).